The minimum atomic E-state index is -0.959. The molecule has 4 rings (SSSR count). The molecule has 1 atom stereocenters. The number of methoxy groups -OCH3 is 1. The fourth-order valence-corrected chi connectivity index (χ4v) is 3.96. The molecule has 1 heterocycles. The number of ketones is 1. The Bertz CT molecular complexity index is 1250. The minimum absolute atomic E-state index is 0.0777. The lowest BCUT2D eigenvalue weighted by Gasteiger charge is -2.26. The Labute approximate surface area is 197 Å². The molecule has 7 nitrogen and oxygen atoms in total. The molecule has 1 fully saturated rings. The summed E-state index contributed by atoms with van der Waals surface area (Å²) in [6.07, 6.45) is 0.819. The topological polar surface area (TPSA) is 96.3 Å². The average Bonchev–Trinajstić information content (AvgIpc) is 3.13. The van der Waals surface area contributed by atoms with Gasteiger partial charge < -0.3 is 19.7 Å². The van der Waals surface area contributed by atoms with Gasteiger partial charge in [-0.25, -0.2) is 0 Å². The molecule has 1 aliphatic rings. The number of aliphatic hydroxyl groups excluding tert-OH is 1. The third kappa shape index (κ3) is 4.20. The number of rotatable bonds is 7. The van der Waals surface area contributed by atoms with Gasteiger partial charge >= 0.3 is 0 Å². The highest BCUT2D eigenvalue weighted by Gasteiger charge is 2.47. The molecule has 1 saturated heterocycles. The maximum absolute atomic E-state index is 13.2. The minimum Gasteiger partial charge on any atom is -0.507 e. The largest absolute Gasteiger partial charge is 0.507 e. The predicted octanol–water partition coefficient (Wildman–Crippen LogP) is 4.82. The van der Waals surface area contributed by atoms with Gasteiger partial charge in [0.15, 0.2) is 0 Å². The number of phenolic OH excluding ortho intramolecular Hbond substituents is 1. The summed E-state index contributed by atoms with van der Waals surface area (Å²) in [6, 6.07) is 18.9. The Kier molecular flexibility index (Phi) is 6.54. The van der Waals surface area contributed by atoms with Gasteiger partial charge in [-0.1, -0.05) is 43.3 Å². The molecule has 0 aromatic heterocycles. The number of anilines is 1. The Morgan fingerprint density at radius 3 is 2.38 bits per heavy atom. The first-order valence-electron chi connectivity index (χ1n) is 10.9. The number of ether oxygens (including phenoxy) is 2. The number of hydrogen-bond donors (Lipinski definition) is 2. The fourth-order valence-electron chi connectivity index (χ4n) is 3.96. The first-order valence-corrected chi connectivity index (χ1v) is 10.9. The Morgan fingerprint density at radius 2 is 1.71 bits per heavy atom. The van der Waals surface area contributed by atoms with Crippen LogP contribution >= 0.6 is 0 Å². The van der Waals surface area contributed by atoms with E-state index < -0.39 is 17.7 Å². The Balaban J connectivity index is 1.90. The maximum atomic E-state index is 13.2. The molecule has 0 aliphatic carbocycles. The number of benzene rings is 3. The van der Waals surface area contributed by atoms with E-state index in [1.807, 2.05) is 6.92 Å². The summed E-state index contributed by atoms with van der Waals surface area (Å²) in [4.78, 5) is 27.6. The van der Waals surface area contributed by atoms with E-state index in [9.17, 15) is 19.8 Å². The third-order valence-electron chi connectivity index (χ3n) is 5.60. The van der Waals surface area contributed by atoms with Gasteiger partial charge in [-0.05, 0) is 48.4 Å². The summed E-state index contributed by atoms with van der Waals surface area (Å²) in [6.45, 7) is 2.49. The van der Waals surface area contributed by atoms with Crippen LogP contribution in [0.25, 0.3) is 5.76 Å². The van der Waals surface area contributed by atoms with Crippen LogP contribution in [0.1, 0.15) is 30.5 Å². The van der Waals surface area contributed by atoms with Crippen LogP contribution in [-0.2, 0) is 9.59 Å². The molecule has 174 valence electrons. The van der Waals surface area contributed by atoms with Gasteiger partial charge in [0.25, 0.3) is 11.7 Å². The molecule has 7 heteroatoms. The molecule has 34 heavy (non-hydrogen) atoms. The van der Waals surface area contributed by atoms with Gasteiger partial charge in [-0.3, -0.25) is 14.5 Å². The number of aliphatic hydroxyl groups is 1. The molecular formula is C27H25NO6. The van der Waals surface area contributed by atoms with E-state index in [0.717, 1.165) is 6.42 Å². The molecular weight excluding hydrogens is 434 g/mol. The number of aromatic hydroxyl groups is 1. The standard InChI is InChI=1S/C27H25NO6/c1-3-15-34-20-8-6-7-18(16-20)25(30)23-24(17-11-13-19(33-2)14-12-17)28(27(32)26(23)31)21-9-4-5-10-22(21)29/h4-14,16,24,29-30H,3,15H2,1-2H3/b25-23+. The highest BCUT2D eigenvalue weighted by Crippen LogP contribution is 2.45. The van der Waals surface area contributed by atoms with Crippen molar-refractivity contribution in [2.75, 3.05) is 18.6 Å². The summed E-state index contributed by atoms with van der Waals surface area (Å²) in [5, 5.41) is 21.7. The van der Waals surface area contributed by atoms with E-state index in [4.69, 9.17) is 9.47 Å². The molecule has 0 saturated carbocycles. The summed E-state index contributed by atoms with van der Waals surface area (Å²) in [5.41, 5.74) is 1.01. The van der Waals surface area contributed by atoms with Crippen LogP contribution in [0.3, 0.4) is 0 Å². The first-order chi connectivity index (χ1) is 16.5. The van der Waals surface area contributed by atoms with E-state index in [2.05, 4.69) is 0 Å². The monoisotopic (exact) mass is 459 g/mol. The molecule has 0 bridgehead atoms. The molecule has 1 aliphatic heterocycles. The zero-order valence-corrected chi connectivity index (χ0v) is 18.9. The smallest absolute Gasteiger partial charge is 0.300 e. The van der Waals surface area contributed by atoms with Gasteiger partial charge in [0.1, 0.15) is 23.0 Å². The SMILES string of the molecule is CCCOc1cccc(/C(O)=C2\C(=O)C(=O)N(c3ccccc3O)C2c2ccc(OC)cc2)c1. The zero-order valence-electron chi connectivity index (χ0n) is 18.9. The third-order valence-corrected chi connectivity index (χ3v) is 5.60. The molecule has 3 aromatic carbocycles. The number of nitrogens with zero attached hydrogens (tertiary/aromatic N) is 1. The van der Waals surface area contributed by atoms with Crippen molar-refractivity contribution < 1.29 is 29.3 Å². The van der Waals surface area contributed by atoms with E-state index >= 15 is 0 Å². The number of phenols is 1. The lowest BCUT2D eigenvalue weighted by molar-refractivity contribution is -0.132. The second-order valence-electron chi connectivity index (χ2n) is 7.81. The van der Waals surface area contributed by atoms with Crippen molar-refractivity contribution in [1.82, 2.24) is 0 Å². The van der Waals surface area contributed by atoms with Crippen molar-refractivity contribution in [1.29, 1.82) is 0 Å². The molecule has 1 unspecified atom stereocenters. The van der Waals surface area contributed by atoms with Gasteiger partial charge in [0, 0.05) is 5.56 Å². The maximum Gasteiger partial charge on any atom is 0.300 e. The lowest BCUT2D eigenvalue weighted by Crippen LogP contribution is -2.29. The van der Waals surface area contributed by atoms with Crippen molar-refractivity contribution in [3.8, 4) is 17.2 Å². The zero-order chi connectivity index (χ0) is 24.2. The van der Waals surface area contributed by atoms with Crippen LogP contribution in [0.15, 0.2) is 78.4 Å². The van der Waals surface area contributed by atoms with Gasteiger partial charge in [-0.15, -0.1) is 0 Å². The summed E-state index contributed by atoms with van der Waals surface area (Å²) >= 11 is 0. The quantitative estimate of drug-likeness (QED) is 0.299. The highest BCUT2D eigenvalue weighted by atomic mass is 16.5. The van der Waals surface area contributed by atoms with Gasteiger partial charge in [0.05, 0.1) is 31.0 Å². The molecule has 1 amide bonds. The van der Waals surface area contributed by atoms with Crippen LogP contribution in [0.5, 0.6) is 17.2 Å². The number of para-hydroxylation sites is 2. The Hall–Kier alpha value is -4.26. The number of Topliss-reactive ketones (excluding diaryl/α,β-unsaturated/α-hetero) is 1. The summed E-state index contributed by atoms with van der Waals surface area (Å²) in [5.74, 6) is -1.02. The number of carbonyl (C=O) groups is 2. The highest BCUT2D eigenvalue weighted by molar-refractivity contribution is 6.51. The number of carbonyl (C=O) groups excluding carboxylic acids is 2. The van der Waals surface area contributed by atoms with E-state index in [-0.39, 0.29) is 22.8 Å². The fraction of sp³-hybridized carbons (Fsp3) is 0.185. The number of amides is 1. The molecule has 2 N–H and O–H groups in total. The summed E-state index contributed by atoms with van der Waals surface area (Å²) in [7, 11) is 1.54. The molecule has 0 spiro atoms. The van der Waals surface area contributed by atoms with Crippen LogP contribution in [0.4, 0.5) is 5.69 Å². The second-order valence-corrected chi connectivity index (χ2v) is 7.81. The van der Waals surface area contributed by atoms with E-state index in [0.29, 0.717) is 29.2 Å². The Morgan fingerprint density at radius 1 is 0.971 bits per heavy atom. The number of hydrogen-bond acceptors (Lipinski definition) is 6. The van der Waals surface area contributed by atoms with Crippen molar-refractivity contribution in [3.63, 3.8) is 0 Å². The van der Waals surface area contributed by atoms with Crippen LogP contribution in [0.2, 0.25) is 0 Å². The van der Waals surface area contributed by atoms with Crippen LogP contribution in [-0.4, -0.2) is 35.6 Å². The van der Waals surface area contributed by atoms with Crippen molar-refractivity contribution >= 4 is 23.1 Å². The van der Waals surface area contributed by atoms with Crippen molar-refractivity contribution in [3.05, 3.63) is 89.5 Å². The molecule has 3 aromatic rings. The predicted molar refractivity (Wildman–Crippen MR) is 128 cm³/mol. The second kappa shape index (κ2) is 9.70. The first kappa shape index (κ1) is 22.9. The molecule has 0 radical (unpaired) electrons. The van der Waals surface area contributed by atoms with Crippen molar-refractivity contribution in [2.24, 2.45) is 0 Å². The van der Waals surface area contributed by atoms with Crippen molar-refractivity contribution in [2.45, 2.75) is 19.4 Å². The van der Waals surface area contributed by atoms with Crippen LogP contribution < -0.4 is 14.4 Å². The normalized spacial score (nSPS) is 17.1. The van der Waals surface area contributed by atoms with Gasteiger partial charge in [-0.2, -0.15) is 0 Å². The summed E-state index contributed by atoms with van der Waals surface area (Å²) < 4.78 is 10.9. The average molecular weight is 459 g/mol. The van der Waals surface area contributed by atoms with Crippen LogP contribution in [0, 0.1) is 0 Å². The van der Waals surface area contributed by atoms with E-state index in [1.54, 1.807) is 66.7 Å². The lowest BCUT2D eigenvalue weighted by atomic mass is 9.95. The van der Waals surface area contributed by atoms with E-state index in [1.165, 1.54) is 18.1 Å². The van der Waals surface area contributed by atoms with Gasteiger partial charge in [0.2, 0.25) is 0 Å².